The van der Waals surface area contributed by atoms with Crippen LogP contribution in [0.5, 0.6) is 0 Å². The molecule has 4 rings (SSSR count). The standard InChI is InChI=1S/C20H18F2N2O3/c21-14-6-15(22)8-16(7-14)23-9-12(5-19(23)26)20(27)24-10-13(11-25)17-3-1-2-4-18(17)24/h1-4,6-8,12-13,25H,5,9-11H2. The second-order valence-electron chi connectivity index (χ2n) is 6.92. The summed E-state index contributed by atoms with van der Waals surface area (Å²) in [5.74, 6) is -2.86. The maximum absolute atomic E-state index is 13.5. The van der Waals surface area contributed by atoms with Crippen LogP contribution in [-0.2, 0) is 9.59 Å². The van der Waals surface area contributed by atoms with Gasteiger partial charge in [0.05, 0.1) is 12.5 Å². The first-order chi connectivity index (χ1) is 13.0. The van der Waals surface area contributed by atoms with E-state index in [9.17, 15) is 23.5 Å². The number of para-hydroxylation sites is 1. The average molecular weight is 372 g/mol. The van der Waals surface area contributed by atoms with E-state index in [1.54, 1.807) is 4.90 Å². The molecule has 2 aliphatic heterocycles. The molecule has 0 radical (unpaired) electrons. The molecule has 2 aliphatic rings. The minimum absolute atomic E-state index is 0.0145. The highest BCUT2D eigenvalue weighted by Crippen LogP contribution is 2.38. The summed E-state index contributed by atoms with van der Waals surface area (Å²) >= 11 is 0. The zero-order valence-corrected chi connectivity index (χ0v) is 14.4. The molecule has 27 heavy (non-hydrogen) atoms. The van der Waals surface area contributed by atoms with Gasteiger partial charge < -0.3 is 14.9 Å². The number of aliphatic hydroxyl groups is 1. The maximum atomic E-state index is 13.5. The predicted molar refractivity (Wildman–Crippen MR) is 95.4 cm³/mol. The van der Waals surface area contributed by atoms with E-state index in [1.807, 2.05) is 24.3 Å². The molecule has 0 spiro atoms. The number of carbonyl (C=O) groups is 2. The van der Waals surface area contributed by atoms with Crippen LogP contribution < -0.4 is 9.80 Å². The molecule has 2 aromatic carbocycles. The molecular formula is C20H18F2N2O3. The van der Waals surface area contributed by atoms with Gasteiger partial charge in [0.2, 0.25) is 11.8 Å². The minimum Gasteiger partial charge on any atom is -0.396 e. The normalized spacial score (nSPS) is 21.7. The molecule has 2 unspecified atom stereocenters. The molecule has 0 bridgehead atoms. The first-order valence-electron chi connectivity index (χ1n) is 8.75. The van der Waals surface area contributed by atoms with E-state index in [4.69, 9.17) is 0 Å². The highest BCUT2D eigenvalue weighted by molar-refractivity contribution is 6.05. The molecule has 2 atom stereocenters. The molecule has 1 saturated heterocycles. The Hall–Kier alpha value is -2.80. The van der Waals surface area contributed by atoms with E-state index >= 15 is 0 Å². The lowest BCUT2D eigenvalue weighted by Gasteiger charge is -2.22. The van der Waals surface area contributed by atoms with Crippen molar-refractivity contribution in [1.29, 1.82) is 0 Å². The topological polar surface area (TPSA) is 60.9 Å². The summed E-state index contributed by atoms with van der Waals surface area (Å²) < 4.78 is 27.0. The van der Waals surface area contributed by atoms with Crippen LogP contribution in [-0.4, -0.2) is 36.6 Å². The number of benzene rings is 2. The lowest BCUT2D eigenvalue weighted by Crippen LogP contribution is -2.37. The van der Waals surface area contributed by atoms with Crippen molar-refractivity contribution in [2.45, 2.75) is 12.3 Å². The fourth-order valence-corrected chi connectivity index (χ4v) is 3.90. The van der Waals surface area contributed by atoms with E-state index < -0.39 is 17.6 Å². The van der Waals surface area contributed by atoms with Crippen LogP contribution in [0.1, 0.15) is 17.9 Å². The Morgan fingerprint density at radius 3 is 2.52 bits per heavy atom. The van der Waals surface area contributed by atoms with Crippen molar-refractivity contribution in [2.24, 2.45) is 5.92 Å². The molecule has 2 aromatic rings. The number of nitrogens with zero attached hydrogens (tertiary/aromatic N) is 2. The molecule has 1 N–H and O–H groups in total. The fourth-order valence-electron chi connectivity index (χ4n) is 3.90. The Morgan fingerprint density at radius 2 is 1.81 bits per heavy atom. The highest BCUT2D eigenvalue weighted by Gasteiger charge is 2.41. The van der Waals surface area contributed by atoms with Crippen molar-refractivity contribution >= 4 is 23.2 Å². The summed E-state index contributed by atoms with van der Waals surface area (Å²) in [6.07, 6.45) is -0.0145. The lowest BCUT2D eigenvalue weighted by atomic mass is 10.0. The van der Waals surface area contributed by atoms with Gasteiger partial charge in [0.15, 0.2) is 0 Å². The first kappa shape index (κ1) is 17.6. The van der Waals surface area contributed by atoms with Crippen LogP contribution >= 0.6 is 0 Å². The van der Waals surface area contributed by atoms with E-state index in [-0.39, 0.29) is 43.0 Å². The maximum Gasteiger partial charge on any atom is 0.232 e. The van der Waals surface area contributed by atoms with Gasteiger partial charge in [0, 0.05) is 42.9 Å². The van der Waals surface area contributed by atoms with Gasteiger partial charge in [0.1, 0.15) is 11.6 Å². The number of aliphatic hydroxyl groups excluding tert-OH is 1. The number of hydrogen-bond donors (Lipinski definition) is 1. The third-order valence-electron chi connectivity index (χ3n) is 5.19. The van der Waals surface area contributed by atoms with Crippen molar-refractivity contribution in [1.82, 2.24) is 0 Å². The third-order valence-corrected chi connectivity index (χ3v) is 5.19. The number of amides is 2. The molecular weight excluding hydrogens is 354 g/mol. The number of halogens is 2. The zero-order chi connectivity index (χ0) is 19.1. The number of carbonyl (C=O) groups excluding carboxylic acids is 2. The highest BCUT2D eigenvalue weighted by atomic mass is 19.1. The van der Waals surface area contributed by atoms with Gasteiger partial charge in [-0.25, -0.2) is 8.78 Å². The minimum atomic E-state index is -0.771. The average Bonchev–Trinajstić information content (AvgIpc) is 3.21. The van der Waals surface area contributed by atoms with Crippen molar-refractivity contribution in [3.63, 3.8) is 0 Å². The van der Waals surface area contributed by atoms with E-state index in [0.717, 1.165) is 29.4 Å². The molecule has 0 aliphatic carbocycles. The van der Waals surface area contributed by atoms with Gasteiger partial charge in [-0.15, -0.1) is 0 Å². The molecule has 5 nitrogen and oxygen atoms in total. The number of rotatable bonds is 3. The molecule has 2 heterocycles. The van der Waals surface area contributed by atoms with E-state index in [1.165, 1.54) is 4.90 Å². The molecule has 2 amide bonds. The Balaban J connectivity index is 1.57. The SMILES string of the molecule is O=C1CC(C(=O)N2CC(CO)c3ccccc32)CN1c1cc(F)cc(F)c1. The van der Waals surface area contributed by atoms with Gasteiger partial charge >= 0.3 is 0 Å². The van der Waals surface area contributed by atoms with Crippen LogP contribution in [0.25, 0.3) is 0 Å². The third kappa shape index (κ3) is 3.08. The Morgan fingerprint density at radius 1 is 1.11 bits per heavy atom. The molecule has 1 fully saturated rings. The van der Waals surface area contributed by atoms with Crippen LogP contribution in [0.15, 0.2) is 42.5 Å². The van der Waals surface area contributed by atoms with Gasteiger partial charge in [-0.05, 0) is 23.8 Å². The Labute approximate surface area is 154 Å². The van der Waals surface area contributed by atoms with Crippen molar-refractivity contribution in [2.75, 3.05) is 29.5 Å². The quantitative estimate of drug-likeness (QED) is 0.900. The zero-order valence-electron chi connectivity index (χ0n) is 14.4. The smallest absolute Gasteiger partial charge is 0.232 e. The largest absolute Gasteiger partial charge is 0.396 e. The monoisotopic (exact) mass is 372 g/mol. The van der Waals surface area contributed by atoms with Crippen molar-refractivity contribution in [3.8, 4) is 0 Å². The van der Waals surface area contributed by atoms with Crippen LogP contribution in [0.3, 0.4) is 0 Å². The Kier molecular flexibility index (Phi) is 4.39. The molecule has 0 aromatic heterocycles. The predicted octanol–water partition coefficient (Wildman–Crippen LogP) is 2.44. The summed E-state index contributed by atoms with van der Waals surface area (Å²) in [6.45, 7) is 0.357. The molecule has 0 saturated carbocycles. The Bertz CT molecular complexity index is 898. The van der Waals surface area contributed by atoms with Crippen LogP contribution in [0.4, 0.5) is 20.2 Å². The van der Waals surface area contributed by atoms with Crippen LogP contribution in [0, 0.1) is 17.6 Å². The van der Waals surface area contributed by atoms with Gasteiger partial charge in [-0.1, -0.05) is 18.2 Å². The number of hydrogen-bond acceptors (Lipinski definition) is 3. The number of fused-ring (bicyclic) bond motifs is 1. The van der Waals surface area contributed by atoms with E-state index in [0.29, 0.717) is 6.54 Å². The summed E-state index contributed by atoms with van der Waals surface area (Å²) in [5.41, 5.74) is 1.76. The second kappa shape index (κ2) is 6.74. The molecule has 140 valence electrons. The summed E-state index contributed by atoms with van der Waals surface area (Å²) in [6, 6.07) is 10.3. The fraction of sp³-hybridized carbons (Fsp3) is 0.300. The van der Waals surface area contributed by atoms with Gasteiger partial charge in [0.25, 0.3) is 0 Å². The van der Waals surface area contributed by atoms with Gasteiger partial charge in [-0.3, -0.25) is 9.59 Å². The summed E-state index contributed by atoms with van der Waals surface area (Å²) in [4.78, 5) is 28.3. The lowest BCUT2D eigenvalue weighted by molar-refractivity contribution is -0.124. The second-order valence-corrected chi connectivity index (χ2v) is 6.92. The summed E-state index contributed by atoms with van der Waals surface area (Å²) in [7, 11) is 0. The van der Waals surface area contributed by atoms with Crippen molar-refractivity contribution in [3.05, 3.63) is 59.7 Å². The number of anilines is 2. The molecule has 7 heteroatoms. The first-order valence-corrected chi connectivity index (χ1v) is 8.75. The van der Waals surface area contributed by atoms with Crippen LogP contribution in [0.2, 0.25) is 0 Å². The summed E-state index contributed by atoms with van der Waals surface area (Å²) in [5, 5.41) is 9.59. The van der Waals surface area contributed by atoms with E-state index in [2.05, 4.69) is 0 Å². The van der Waals surface area contributed by atoms with Crippen molar-refractivity contribution < 1.29 is 23.5 Å². The van der Waals surface area contributed by atoms with Gasteiger partial charge in [-0.2, -0.15) is 0 Å².